The summed E-state index contributed by atoms with van der Waals surface area (Å²) < 4.78 is 11.8. The van der Waals surface area contributed by atoms with Crippen molar-refractivity contribution in [3.05, 3.63) is 252 Å². The first kappa shape index (κ1) is 112. The zero-order valence-electron chi connectivity index (χ0n) is 66.2. The van der Waals surface area contributed by atoms with Crippen LogP contribution in [0, 0.1) is 37.3 Å². The van der Waals surface area contributed by atoms with Gasteiger partial charge < -0.3 is 24.1 Å². The topological polar surface area (TPSA) is 306 Å². The van der Waals surface area contributed by atoms with Crippen molar-refractivity contribution in [2.45, 2.75) is 199 Å². The van der Waals surface area contributed by atoms with E-state index in [1.54, 1.807) is 107 Å². The van der Waals surface area contributed by atoms with Crippen LogP contribution in [0.1, 0.15) is 171 Å². The summed E-state index contributed by atoms with van der Waals surface area (Å²) in [5, 5.41) is 32.4. The van der Waals surface area contributed by atoms with Gasteiger partial charge >= 0.3 is 242 Å². The fraction of sp³-hybridized carbons (Fsp3) is 0.381. The molecule has 0 amide bonds. The number of nitrogens with two attached hydrogens (primary N) is 3. The van der Waals surface area contributed by atoms with Crippen LogP contribution < -0.4 is 39.8 Å². The number of Topliss-reactive ketones (excluding diaryl/α,β-unsaturated/α-hetero) is 2. The molecule has 5 heterocycles. The smallest absolute Gasteiger partial charge is 0.397 e. The molecule has 0 unspecified atom stereocenters. The number of nitrogen functional groups attached to an aromatic ring is 3. The average Bonchev–Trinajstić information content (AvgIpc) is 0.824. The van der Waals surface area contributed by atoms with E-state index in [1.165, 1.54) is 142 Å². The zero-order chi connectivity index (χ0) is 79.4. The van der Waals surface area contributed by atoms with Crippen molar-refractivity contribution in [3.63, 3.8) is 0 Å². The molecule has 5 aromatic heterocycles. The van der Waals surface area contributed by atoms with Crippen molar-refractivity contribution in [2.24, 2.45) is 0 Å². The van der Waals surface area contributed by atoms with E-state index in [0.717, 1.165) is 22.3 Å². The van der Waals surface area contributed by atoms with Crippen LogP contribution in [0.4, 0.5) is 34.1 Å². The van der Waals surface area contributed by atoms with Crippen molar-refractivity contribution in [3.8, 4) is 33.8 Å². The number of hydrogen-bond donors (Lipinski definition) is 3. The predicted molar refractivity (Wildman–Crippen MR) is 485 cm³/mol. The van der Waals surface area contributed by atoms with Crippen LogP contribution in [0.5, 0.6) is 0 Å². The molecule has 112 heavy (non-hydrogen) atoms. The molecule has 19 nitrogen and oxygen atoms in total. The van der Waals surface area contributed by atoms with Crippen molar-refractivity contribution >= 4 is 163 Å². The minimum atomic E-state index is -2.21. The van der Waals surface area contributed by atoms with Gasteiger partial charge in [-0.1, -0.05) is 103 Å². The molecular formula is C84H118Br2Cl4LiN11O8Sn2. The number of halogens is 6. The summed E-state index contributed by atoms with van der Waals surface area (Å²) in [6, 6.07) is 48.3. The number of carbonyl (C=O) groups is 2. The van der Waals surface area contributed by atoms with E-state index in [2.05, 4.69) is 125 Å². The van der Waals surface area contributed by atoms with Crippen LogP contribution in [-0.4, -0.2) is 86.9 Å². The minimum absolute atomic E-state index is 0. The number of unbranched alkanes of at least 4 members (excludes halogenated alkanes) is 7. The third kappa shape index (κ3) is 43.6. The molecule has 608 valence electrons. The summed E-state index contributed by atoms with van der Waals surface area (Å²) in [6.07, 6.45) is 27.5. The standard InChI is InChI=1S/C14H12N2O3.C11H9N3O2.C11H11N3.C9H8BrNO3.C5H4BrN.C5H4N.7C4H9.CH4.4ClH.Li.2Sn/c1-10(17)9-12-11(13-6-2-3-8-15-13)5-4-7-14(12)16(18)19;12-11-8(9-5-1-2-7-13-9)4-3-6-10(11)14(15)16;12-9-5-3-4-8(11(9)13)10-6-1-2-7-14-10;1-6(12)5-7-8(10)3-2-4-9(7)11(13)14;6-5-3-1-2-4-7-5;1-2-4-6-5-3-1;7*1-3-4-2;;;;;;;;/h2-8H,9H2,1H3;1-7H,12H2;1-7H,12-13H2;2-4H,5H2,1H3;1-4H;1-4H;7*1,3-4H2,2H3;1H4;4*1H;;;/q;;;;;;;;;;;;-1;;;;;;+1;;+1/p-1. The third-order valence-electron chi connectivity index (χ3n) is 16.9. The Morgan fingerprint density at radius 3 is 1.10 bits per heavy atom. The maximum Gasteiger partial charge on any atom is 1.00 e. The molecule has 0 aliphatic carbocycles. The summed E-state index contributed by atoms with van der Waals surface area (Å²) in [7, 11) is 6.89. The second-order valence-electron chi connectivity index (χ2n) is 25.5. The van der Waals surface area contributed by atoms with Gasteiger partial charge in [0.1, 0.15) is 21.9 Å². The molecule has 0 aliphatic heterocycles. The number of benzene rings is 4. The summed E-state index contributed by atoms with van der Waals surface area (Å²) in [5.74, 6) is -0.216. The Bertz CT molecular complexity index is 3980. The van der Waals surface area contributed by atoms with Crippen LogP contribution in [0.25, 0.3) is 33.8 Å². The van der Waals surface area contributed by atoms with E-state index in [1.807, 2.05) is 54.7 Å². The van der Waals surface area contributed by atoms with Gasteiger partial charge in [0, 0.05) is 82.6 Å². The monoisotopic (exact) mass is 1950 g/mol. The number of aromatic nitrogens is 5. The number of para-hydroxylation sites is 2. The van der Waals surface area contributed by atoms with Crippen molar-refractivity contribution in [1.82, 2.24) is 24.9 Å². The zero-order valence-corrected chi connectivity index (χ0v) is 78.3. The molecule has 0 bridgehead atoms. The molecule has 0 atom stereocenters. The van der Waals surface area contributed by atoms with Gasteiger partial charge in [-0.3, -0.25) is 54.9 Å². The quantitative estimate of drug-likeness (QED) is 0.00941. The molecule has 4 aromatic carbocycles. The number of ketones is 2. The Hall–Kier alpha value is -6.12. The Labute approximate surface area is 726 Å². The van der Waals surface area contributed by atoms with Gasteiger partial charge in [0.2, 0.25) is 0 Å². The maximum absolute atomic E-state index is 11.3. The number of anilines is 3. The molecule has 0 radical (unpaired) electrons. The molecule has 9 aromatic rings. The first-order valence-electron chi connectivity index (χ1n) is 36.9. The van der Waals surface area contributed by atoms with Crippen LogP contribution in [0.3, 0.4) is 0 Å². The fourth-order valence-corrected chi connectivity index (χ4v) is 40.5. The molecule has 0 spiro atoms. The molecule has 0 aliphatic rings. The van der Waals surface area contributed by atoms with Crippen molar-refractivity contribution in [1.29, 1.82) is 0 Å². The van der Waals surface area contributed by atoms with E-state index >= 15 is 0 Å². The van der Waals surface area contributed by atoms with Gasteiger partial charge in [-0.15, -0.1) is 37.2 Å². The van der Waals surface area contributed by atoms with Gasteiger partial charge in [0.25, 0.3) is 17.1 Å². The number of nitro benzene ring substituents is 3. The van der Waals surface area contributed by atoms with Crippen LogP contribution in [0.2, 0.25) is 26.6 Å². The SMILES string of the molecule is Brc1ccccn1.C.CC(=O)Cc1c(-c2ccccn2)cccc1[N+](=O)[O-].CC(=O)Cc1c(Br)cccc1[N+](=O)[O-].CCC[CH2][Sn]([CH2]CCC)([CH2]CCC)[c]1ccccn1.CCC[CH2][Sn]([Cl])([CH2]CCC)[CH2]CCC.Cl.Cl.Cl.Nc1c(-c2ccccn2)cccc1[N+](=O)[O-].Nc1cccc(-c2ccccn2)c1N.[CH2-]CCC.[Li+]. The van der Waals surface area contributed by atoms with Crippen LogP contribution in [0.15, 0.2) is 204 Å². The fourth-order valence-electron chi connectivity index (χ4n) is 11.0. The summed E-state index contributed by atoms with van der Waals surface area (Å²) in [5.41, 5.74) is 23.5. The number of hydrogen-bond acceptors (Lipinski definition) is 16. The molecule has 0 saturated heterocycles. The second-order valence-corrected chi connectivity index (χ2v) is 56.5. The molecule has 0 fully saturated rings. The van der Waals surface area contributed by atoms with E-state index < -0.39 is 50.4 Å². The number of carbonyl (C=O) groups excluding carboxylic acids is 2. The Morgan fingerprint density at radius 2 is 0.759 bits per heavy atom. The molecule has 0 saturated carbocycles. The number of rotatable bonds is 30. The van der Waals surface area contributed by atoms with Gasteiger partial charge in [-0.05, 0) is 90.4 Å². The molecule has 9 rings (SSSR count). The molecule has 28 heteroatoms. The molecule has 6 N–H and O–H groups in total. The van der Waals surface area contributed by atoms with E-state index in [4.69, 9.17) is 31.1 Å². The largest absolute Gasteiger partial charge is 1.00 e. The first-order valence-corrected chi connectivity index (χ1v) is 55.7. The number of pyridine rings is 5. The summed E-state index contributed by atoms with van der Waals surface area (Å²) >= 11 is 2.09. The van der Waals surface area contributed by atoms with Gasteiger partial charge in [0.15, 0.2) is 0 Å². The van der Waals surface area contributed by atoms with Gasteiger partial charge in [-0.25, -0.2) is 4.98 Å². The van der Waals surface area contributed by atoms with Crippen LogP contribution in [-0.2, 0) is 22.4 Å². The average molecular weight is 1960 g/mol. The number of nitrogens with zero attached hydrogens (tertiary/aromatic N) is 8. The summed E-state index contributed by atoms with van der Waals surface area (Å²) in [6.45, 7) is 22.4. The normalized spacial score (nSPS) is 9.94. The first-order chi connectivity index (χ1) is 51.4. The minimum Gasteiger partial charge on any atom is -0.397 e. The Balaban J connectivity index is -0.000000605. The number of nitro groups is 3. The third-order valence-corrected chi connectivity index (χ3v) is 47.8. The maximum atomic E-state index is 11.3. The van der Waals surface area contributed by atoms with E-state index in [0.29, 0.717) is 49.5 Å². The molecular weight excluding hydrogens is 1840 g/mol. The predicted octanol–water partition coefficient (Wildman–Crippen LogP) is 22.5. The van der Waals surface area contributed by atoms with Crippen molar-refractivity contribution < 1.29 is 43.2 Å². The van der Waals surface area contributed by atoms with E-state index in [-0.39, 0.29) is 111 Å². The van der Waals surface area contributed by atoms with Gasteiger partial charge in [-0.2, -0.15) is 6.42 Å². The second kappa shape index (κ2) is 66.1. The Kier molecular flexibility index (Phi) is 66.2. The van der Waals surface area contributed by atoms with Crippen molar-refractivity contribution in [2.75, 3.05) is 17.2 Å². The van der Waals surface area contributed by atoms with E-state index in [9.17, 15) is 39.9 Å². The van der Waals surface area contributed by atoms with Crippen LogP contribution >= 0.6 is 78.0 Å². The summed E-state index contributed by atoms with van der Waals surface area (Å²) in [4.78, 5) is 74.4. The van der Waals surface area contributed by atoms with Gasteiger partial charge in [0.05, 0.1) is 48.8 Å². The Morgan fingerprint density at radius 1 is 0.429 bits per heavy atom.